The van der Waals surface area contributed by atoms with Crippen molar-refractivity contribution >= 4 is 0 Å². The lowest BCUT2D eigenvalue weighted by Crippen LogP contribution is -2.25. The van der Waals surface area contributed by atoms with Crippen LogP contribution in [0.2, 0.25) is 0 Å². The standard InChI is InChI=1S/C27H30F8O/c1-2-3-4-5-17-6-10-19(11-7-17)22(28)14-18-8-12-20(13-9-18)27(34,35)36-21-15-23(29)25(24(30)16-21)26(31,32)33/h8-9,12-13,15-17,19,22H,2-7,10-11,14H2,1H3. The third-order valence-corrected chi connectivity index (χ3v) is 6.88. The van der Waals surface area contributed by atoms with Crippen LogP contribution in [0, 0.1) is 23.5 Å². The first-order valence-corrected chi connectivity index (χ1v) is 12.3. The lowest BCUT2D eigenvalue weighted by molar-refractivity contribution is -0.185. The minimum absolute atomic E-state index is 0.0560. The van der Waals surface area contributed by atoms with Crippen LogP contribution in [-0.4, -0.2) is 6.17 Å². The van der Waals surface area contributed by atoms with Gasteiger partial charge in [-0.1, -0.05) is 57.6 Å². The summed E-state index contributed by atoms with van der Waals surface area (Å²) < 4.78 is 114. The molecule has 1 aliphatic rings. The van der Waals surface area contributed by atoms with Crippen molar-refractivity contribution in [2.24, 2.45) is 11.8 Å². The average Bonchev–Trinajstić information content (AvgIpc) is 2.78. The van der Waals surface area contributed by atoms with E-state index in [0.29, 0.717) is 11.5 Å². The van der Waals surface area contributed by atoms with Gasteiger partial charge in [0.05, 0.1) is 5.56 Å². The van der Waals surface area contributed by atoms with Crippen LogP contribution in [0.5, 0.6) is 5.75 Å². The number of hydrogen-bond acceptors (Lipinski definition) is 1. The zero-order chi connectivity index (χ0) is 26.5. The average molecular weight is 523 g/mol. The van der Waals surface area contributed by atoms with E-state index >= 15 is 0 Å². The van der Waals surface area contributed by atoms with Crippen molar-refractivity contribution in [3.63, 3.8) is 0 Å². The van der Waals surface area contributed by atoms with Crippen LogP contribution in [0.25, 0.3) is 0 Å². The second-order valence-electron chi connectivity index (χ2n) is 9.57. The number of ether oxygens (including phenoxy) is 1. The molecule has 0 radical (unpaired) electrons. The topological polar surface area (TPSA) is 9.23 Å². The normalized spacial score (nSPS) is 19.8. The molecule has 1 nitrogen and oxygen atoms in total. The molecule has 9 heteroatoms. The lowest BCUT2D eigenvalue weighted by Gasteiger charge is -2.30. The second kappa shape index (κ2) is 11.8. The highest BCUT2D eigenvalue weighted by Crippen LogP contribution is 2.39. The van der Waals surface area contributed by atoms with Crippen LogP contribution in [0.15, 0.2) is 36.4 Å². The molecule has 36 heavy (non-hydrogen) atoms. The third-order valence-electron chi connectivity index (χ3n) is 6.88. The fourth-order valence-electron chi connectivity index (χ4n) is 4.83. The molecule has 1 unspecified atom stereocenters. The Bertz CT molecular complexity index is 955. The zero-order valence-corrected chi connectivity index (χ0v) is 20.0. The van der Waals surface area contributed by atoms with Crippen LogP contribution in [0.1, 0.15) is 75.0 Å². The Labute approximate surface area is 205 Å². The smallest absolute Gasteiger partial charge is 0.426 e. The molecule has 2 aromatic rings. The predicted molar refractivity (Wildman–Crippen MR) is 121 cm³/mol. The molecule has 0 aliphatic heterocycles. The first-order valence-electron chi connectivity index (χ1n) is 12.3. The number of hydrogen-bond donors (Lipinski definition) is 0. The van der Waals surface area contributed by atoms with Gasteiger partial charge in [0.2, 0.25) is 0 Å². The predicted octanol–water partition coefficient (Wildman–Crippen LogP) is 9.38. The highest BCUT2D eigenvalue weighted by molar-refractivity contribution is 5.33. The Kier molecular flexibility index (Phi) is 9.28. The SMILES string of the molecule is CCCCCC1CCC(C(F)Cc2ccc(C(F)(F)Oc3cc(F)c(C(F)(F)F)c(F)c3)cc2)CC1. The molecule has 0 aromatic heterocycles. The van der Waals surface area contributed by atoms with Gasteiger partial charge in [0, 0.05) is 18.6 Å². The van der Waals surface area contributed by atoms with Gasteiger partial charge in [0.1, 0.15) is 29.1 Å². The summed E-state index contributed by atoms with van der Waals surface area (Å²) in [5.41, 5.74) is -2.36. The van der Waals surface area contributed by atoms with E-state index in [-0.39, 0.29) is 24.5 Å². The molecule has 1 saturated carbocycles. The van der Waals surface area contributed by atoms with Gasteiger partial charge in [0.15, 0.2) is 0 Å². The number of unbranched alkanes of at least 4 members (excludes halogenated alkanes) is 2. The van der Waals surface area contributed by atoms with Crippen LogP contribution in [0.4, 0.5) is 35.1 Å². The maximum Gasteiger partial charge on any atom is 0.426 e. The fraction of sp³-hybridized carbons (Fsp3) is 0.556. The van der Waals surface area contributed by atoms with Crippen molar-refractivity contribution in [1.29, 1.82) is 0 Å². The first kappa shape index (κ1) is 28.3. The largest absolute Gasteiger partial charge is 0.429 e. The van der Waals surface area contributed by atoms with E-state index in [1.807, 2.05) is 0 Å². The summed E-state index contributed by atoms with van der Waals surface area (Å²) in [6.45, 7) is 2.16. The molecule has 0 heterocycles. The number of halogens is 8. The first-order chi connectivity index (χ1) is 16.9. The summed E-state index contributed by atoms with van der Waals surface area (Å²) in [6.07, 6.45) is -2.04. The second-order valence-corrected chi connectivity index (χ2v) is 9.57. The van der Waals surface area contributed by atoms with Gasteiger partial charge in [-0.15, -0.1) is 0 Å². The van der Waals surface area contributed by atoms with Crippen molar-refractivity contribution in [2.75, 3.05) is 0 Å². The molecule has 0 N–H and O–H groups in total. The van der Waals surface area contributed by atoms with Gasteiger partial charge in [-0.2, -0.15) is 22.0 Å². The zero-order valence-electron chi connectivity index (χ0n) is 20.0. The molecule has 0 spiro atoms. The van der Waals surface area contributed by atoms with E-state index in [9.17, 15) is 35.1 Å². The van der Waals surface area contributed by atoms with E-state index < -0.39 is 47.0 Å². The summed E-state index contributed by atoms with van der Waals surface area (Å²) in [5, 5.41) is 0. The van der Waals surface area contributed by atoms with E-state index in [2.05, 4.69) is 11.7 Å². The van der Waals surface area contributed by atoms with E-state index in [1.165, 1.54) is 37.8 Å². The monoisotopic (exact) mass is 522 g/mol. The molecular weight excluding hydrogens is 492 g/mol. The van der Waals surface area contributed by atoms with E-state index in [0.717, 1.165) is 37.8 Å². The van der Waals surface area contributed by atoms with Crippen molar-refractivity contribution in [2.45, 2.75) is 83.2 Å². The van der Waals surface area contributed by atoms with Crippen molar-refractivity contribution in [3.8, 4) is 5.75 Å². The molecule has 200 valence electrons. The quantitative estimate of drug-likeness (QED) is 0.223. The Morgan fingerprint density at radius 2 is 1.47 bits per heavy atom. The van der Waals surface area contributed by atoms with Gasteiger partial charge < -0.3 is 4.74 Å². The van der Waals surface area contributed by atoms with Crippen LogP contribution >= 0.6 is 0 Å². The Hall–Kier alpha value is -2.32. The minimum atomic E-state index is -5.33. The molecule has 1 fully saturated rings. The van der Waals surface area contributed by atoms with Gasteiger partial charge in [0.25, 0.3) is 0 Å². The van der Waals surface area contributed by atoms with Gasteiger partial charge in [-0.05, 0) is 42.4 Å². The fourth-order valence-corrected chi connectivity index (χ4v) is 4.83. The highest BCUT2D eigenvalue weighted by Gasteiger charge is 2.40. The number of rotatable bonds is 10. The lowest BCUT2D eigenvalue weighted by atomic mass is 9.77. The number of benzene rings is 2. The van der Waals surface area contributed by atoms with Crippen molar-refractivity contribution in [3.05, 3.63) is 64.7 Å². The Balaban J connectivity index is 1.58. The summed E-state index contributed by atoms with van der Waals surface area (Å²) in [5.74, 6) is -4.64. The summed E-state index contributed by atoms with van der Waals surface area (Å²) in [4.78, 5) is 0. The van der Waals surface area contributed by atoms with Gasteiger partial charge in [-0.3, -0.25) is 0 Å². The van der Waals surface area contributed by atoms with E-state index in [1.54, 1.807) is 0 Å². The maximum absolute atomic E-state index is 14.9. The third kappa shape index (κ3) is 7.35. The van der Waals surface area contributed by atoms with Crippen LogP contribution in [0.3, 0.4) is 0 Å². The van der Waals surface area contributed by atoms with Crippen molar-refractivity contribution < 1.29 is 39.9 Å². The molecule has 1 atom stereocenters. The van der Waals surface area contributed by atoms with Crippen LogP contribution < -0.4 is 4.74 Å². The van der Waals surface area contributed by atoms with Gasteiger partial charge in [-0.25, -0.2) is 13.2 Å². The van der Waals surface area contributed by atoms with Gasteiger partial charge >= 0.3 is 12.3 Å². The molecule has 1 aliphatic carbocycles. The Morgan fingerprint density at radius 3 is 2.00 bits per heavy atom. The minimum Gasteiger partial charge on any atom is -0.429 e. The number of alkyl halides is 6. The summed E-state index contributed by atoms with van der Waals surface area (Å²) in [6, 6.07) is 4.76. The van der Waals surface area contributed by atoms with E-state index in [4.69, 9.17) is 0 Å². The summed E-state index contributed by atoms with van der Waals surface area (Å²) in [7, 11) is 0. The molecule has 3 rings (SSSR count). The molecule has 0 bridgehead atoms. The maximum atomic E-state index is 14.9. The molecule has 2 aromatic carbocycles. The highest BCUT2D eigenvalue weighted by atomic mass is 19.4. The molecule has 0 amide bonds. The molecular formula is C27H30F8O. The van der Waals surface area contributed by atoms with Crippen LogP contribution in [-0.2, 0) is 18.7 Å². The summed E-state index contributed by atoms with van der Waals surface area (Å²) >= 11 is 0. The molecule has 0 saturated heterocycles. The Morgan fingerprint density at radius 1 is 0.889 bits per heavy atom. The van der Waals surface area contributed by atoms with Crippen molar-refractivity contribution in [1.82, 2.24) is 0 Å².